The van der Waals surface area contributed by atoms with Crippen LogP contribution in [0.2, 0.25) is 5.02 Å². The summed E-state index contributed by atoms with van der Waals surface area (Å²) in [7, 11) is 0. The molecule has 8 heteroatoms. The summed E-state index contributed by atoms with van der Waals surface area (Å²) in [6.45, 7) is 1.66. The van der Waals surface area contributed by atoms with Gasteiger partial charge in [-0.3, -0.25) is 10.4 Å². The van der Waals surface area contributed by atoms with Crippen molar-refractivity contribution in [1.82, 2.24) is 4.98 Å². The second-order valence-corrected chi connectivity index (χ2v) is 7.50. The SMILES string of the molecule is CC1C2(c3ccc(Cl)cc3)OC(=N)C1(C#N)C(C#N)(C#N)C(c1cccnc1)O2. The van der Waals surface area contributed by atoms with Crippen LogP contribution in [0.4, 0.5) is 0 Å². The van der Waals surface area contributed by atoms with E-state index in [0.717, 1.165) is 0 Å². The van der Waals surface area contributed by atoms with Crippen LogP contribution in [0.15, 0.2) is 48.8 Å². The minimum absolute atomic E-state index is 0.443. The van der Waals surface area contributed by atoms with Gasteiger partial charge in [-0.05, 0) is 18.2 Å². The van der Waals surface area contributed by atoms with Crippen molar-refractivity contribution in [2.75, 3.05) is 0 Å². The standard InChI is InChI=1S/C21H14ClN5O2/c1-13-20(12-25)18(26)29-21(13,15-4-6-16(22)7-5-15)28-17(19(20,10-23)11-24)14-3-2-8-27-9-14/h2-9,13,17,26H,1H3. The minimum atomic E-state index is -2.01. The van der Waals surface area contributed by atoms with Crippen LogP contribution in [0.5, 0.6) is 0 Å². The Balaban J connectivity index is 2.04. The van der Waals surface area contributed by atoms with Gasteiger partial charge in [0.15, 0.2) is 5.41 Å². The van der Waals surface area contributed by atoms with E-state index < -0.39 is 34.5 Å². The summed E-state index contributed by atoms with van der Waals surface area (Å²) in [6.07, 6.45) is 1.87. The predicted molar refractivity (Wildman–Crippen MR) is 101 cm³/mol. The number of benzene rings is 1. The van der Waals surface area contributed by atoms with Gasteiger partial charge in [0.05, 0.1) is 24.1 Å². The van der Waals surface area contributed by atoms with Crippen molar-refractivity contribution in [3.05, 3.63) is 64.9 Å². The number of hydrogen-bond acceptors (Lipinski definition) is 7. The second-order valence-electron chi connectivity index (χ2n) is 7.06. The van der Waals surface area contributed by atoms with Gasteiger partial charge >= 0.3 is 0 Å². The largest absolute Gasteiger partial charge is 0.443 e. The highest BCUT2D eigenvalue weighted by Gasteiger charge is 2.79. The summed E-state index contributed by atoms with van der Waals surface area (Å²) in [6, 6.07) is 16.1. The van der Waals surface area contributed by atoms with Crippen molar-refractivity contribution in [2.24, 2.45) is 16.7 Å². The first-order valence-electron chi connectivity index (χ1n) is 8.77. The van der Waals surface area contributed by atoms with E-state index in [4.69, 9.17) is 26.5 Å². The highest BCUT2D eigenvalue weighted by Crippen LogP contribution is 2.68. The van der Waals surface area contributed by atoms with Gasteiger partial charge in [-0.25, -0.2) is 0 Å². The number of nitrogens with zero attached hydrogens (tertiary/aromatic N) is 4. The Morgan fingerprint density at radius 2 is 1.79 bits per heavy atom. The number of halogens is 1. The first-order chi connectivity index (χ1) is 13.9. The van der Waals surface area contributed by atoms with Crippen LogP contribution >= 0.6 is 11.6 Å². The molecule has 0 radical (unpaired) electrons. The third-order valence-electron chi connectivity index (χ3n) is 5.90. The summed E-state index contributed by atoms with van der Waals surface area (Å²) >= 11 is 6.01. The Kier molecular flexibility index (Phi) is 4.10. The Hall–Kier alpha value is -3.44. The molecule has 2 saturated heterocycles. The first kappa shape index (κ1) is 18.9. The van der Waals surface area contributed by atoms with Crippen molar-refractivity contribution in [2.45, 2.75) is 18.8 Å². The number of hydrogen-bond donors (Lipinski definition) is 1. The summed E-state index contributed by atoms with van der Waals surface area (Å²) < 4.78 is 12.2. The van der Waals surface area contributed by atoms with Crippen LogP contribution in [0.1, 0.15) is 24.2 Å². The molecule has 2 aliphatic rings. The zero-order chi connectivity index (χ0) is 20.9. The quantitative estimate of drug-likeness (QED) is 0.811. The van der Waals surface area contributed by atoms with E-state index in [9.17, 15) is 15.8 Å². The Morgan fingerprint density at radius 3 is 2.34 bits per heavy atom. The molecular formula is C21H14ClN5O2. The lowest BCUT2D eigenvalue weighted by molar-refractivity contribution is -0.288. The lowest BCUT2D eigenvalue weighted by Gasteiger charge is -2.48. The maximum Gasteiger partial charge on any atom is 0.244 e. The summed E-state index contributed by atoms with van der Waals surface area (Å²) in [5.41, 5.74) is -2.86. The molecule has 4 unspecified atom stereocenters. The van der Waals surface area contributed by atoms with E-state index in [0.29, 0.717) is 16.1 Å². The second kappa shape index (κ2) is 6.29. The van der Waals surface area contributed by atoms with Gasteiger partial charge in [0.2, 0.25) is 17.1 Å². The molecule has 7 nitrogen and oxygen atoms in total. The maximum absolute atomic E-state index is 10.2. The summed E-state index contributed by atoms with van der Waals surface area (Å²) in [5, 5.41) is 39.5. The molecule has 2 aliphatic heterocycles. The molecule has 142 valence electrons. The average molecular weight is 404 g/mol. The van der Waals surface area contributed by atoms with Gasteiger partial charge in [-0.15, -0.1) is 0 Å². The van der Waals surface area contributed by atoms with Crippen LogP contribution in [0.3, 0.4) is 0 Å². The fourth-order valence-corrected chi connectivity index (χ4v) is 4.51. The third-order valence-corrected chi connectivity index (χ3v) is 6.15. The molecule has 1 aromatic carbocycles. The Labute approximate surface area is 172 Å². The fourth-order valence-electron chi connectivity index (χ4n) is 4.38. The van der Waals surface area contributed by atoms with Crippen molar-refractivity contribution in [3.63, 3.8) is 0 Å². The molecule has 1 N–H and O–H groups in total. The third kappa shape index (κ3) is 2.13. The van der Waals surface area contributed by atoms with Crippen LogP contribution in [-0.2, 0) is 15.3 Å². The van der Waals surface area contributed by atoms with Gasteiger partial charge in [0, 0.05) is 28.5 Å². The normalized spacial score (nSPS) is 31.8. The van der Waals surface area contributed by atoms with Crippen molar-refractivity contribution >= 4 is 17.5 Å². The van der Waals surface area contributed by atoms with Gasteiger partial charge in [0.1, 0.15) is 6.10 Å². The topological polar surface area (TPSA) is 127 Å². The van der Waals surface area contributed by atoms with E-state index in [-0.39, 0.29) is 0 Å². The molecule has 2 aromatic rings. The number of nitriles is 3. The number of aromatic nitrogens is 1. The van der Waals surface area contributed by atoms with E-state index >= 15 is 0 Å². The number of nitrogens with one attached hydrogen (secondary N) is 1. The number of fused-ring (bicyclic) bond motifs is 2. The van der Waals surface area contributed by atoms with Gasteiger partial charge in [-0.1, -0.05) is 36.7 Å². The molecule has 0 spiro atoms. The molecule has 2 fully saturated rings. The van der Waals surface area contributed by atoms with Crippen LogP contribution in [0.25, 0.3) is 0 Å². The Bertz CT molecular complexity index is 1100. The molecule has 4 atom stereocenters. The molecule has 1 aromatic heterocycles. The zero-order valence-corrected chi connectivity index (χ0v) is 16.0. The highest BCUT2D eigenvalue weighted by molar-refractivity contribution is 6.30. The molecule has 0 saturated carbocycles. The predicted octanol–water partition coefficient (Wildman–Crippen LogP) is 3.85. The fraction of sp³-hybridized carbons (Fsp3) is 0.286. The lowest BCUT2D eigenvalue weighted by Crippen LogP contribution is -2.57. The maximum atomic E-state index is 10.2. The highest BCUT2D eigenvalue weighted by atomic mass is 35.5. The molecule has 0 amide bonds. The summed E-state index contributed by atoms with van der Waals surface area (Å²) in [5.74, 6) is -2.81. The van der Waals surface area contributed by atoms with Crippen molar-refractivity contribution in [3.8, 4) is 18.2 Å². The Morgan fingerprint density at radius 1 is 1.10 bits per heavy atom. The molecular weight excluding hydrogens is 390 g/mol. The van der Waals surface area contributed by atoms with E-state index in [1.54, 1.807) is 49.5 Å². The molecule has 3 heterocycles. The molecule has 0 aliphatic carbocycles. The molecule has 2 bridgehead atoms. The van der Waals surface area contributed by atoms with Gasteiger partial charge in [-0.2, -0.15) is 15.8 Å². The minimum Gasteiger partial charge on any atom is -0.443 e. The van der Waals surface area contributed by atoms with Gasteiger partial charge < -0.3 is 9.47 Å². The number of ether oxygens (including phenoxy) is 2. The van der Waals surface area contributed by atoms with Crippen LogP contribution in [-0.4, -0.2) is 10.9 Å². The van der Waals surface area contributed by atoms with Crippen LogP contribution in [0, 0.1) is 56.2 Å². The monoisotopic (exact) mass is 403 g/mol. The lowest BCUT2D eigenvalue weighted by atomic mass is 9.53. The molecule has 4 rings (SSSR count). The summed E-state index contributed by atoms with van der Waals surface area (Å²) in [4.78, 5) is 4.06. The number of rotatable bonds is 2. The van der Waals surface area contributed by atoms with E-state index in [1.165, 1.54) is 6.20 Å². The smallest absolute Gasteiger partial charge is 0.244 e. The van der Waals surface area contributed by atoms with E-state index in [1.807, 2.05) is 12.1 Å². The van der Waals surface area contributed by atoms with Gasteiger partial charge in [0.25, 0.3) is 0 Å². The van der Waals surface area contributed by atoms with E-state index in [2.05, 4.69) is 11.1 Å². The van der Waals surface area contributed by atoms with Crippen molar-refractivity contribution in [1.29, 1.82) is 21.2 Å². The number of pyridine rings is 1. The van der Waals surface area contributed by atoms with Crippen molar-refractivity contribution < 1.29 is 9.47 Å². The first-order valence-corrected chi connectivity index (χ1v) is 9.15. The zero-order valence-electron chi connectivity index (χ0n) is 15.3. The van der Waals surface area contributed by atoms with Crippen LogP contribution < -0.4 is 0 Å². The molecule has 29 heavy (non-hydrogen) atoms. The average Bonchev–Trinajstić information content (AvgIpc) is 2.91.